The van der Waals surface area contributed by atoms with Gasteiger partial charge in [0.2, 0.25) is 5.91 Å². The molecule has 0 saturated heterocycles. The summed E-state index contributed by atoms with van der Waals surface area (Å²) < 4.78 is 11.4. The fraction of sp³-hybridized carbons (Fsp3) is 0.0333. The van der Waals surface area contributed by atoms with Crippen LogP contribution in [0.5, 0.6) is 0 Å². The van der Waals surface area contributed by atoms with Gasteiger partial charge < -0.3 is 19.5 Å². The summed E-state index contributed by atoms with van der Waals surface area (Å²) in [5.74, 6) is 0.606. The van der Waals surface area contributed by atoms with Crippen LogP contribution in [-0.2, 0) is 4.79 Å². The van der Waals surface area contributed by atoms with Gasteiger partial charge in [-0.2, -0.15) is 0 Å². The van der Waals surface area contributed by atoms with Crippen molar-refractivity contribution in [3.05, 3.63) is 113 Å². The number of hydrogen-bond donors (Lipinski definition) is 3. The average molecular weight is 556 g/mol. The van der Waals surface area contributed by atoms with Crippen LogP contribution >= 0.6 is 23.8 Å². The molecule has 0 unspecified atom stereocenters. The first-order chi connectivity index (χ1) is 18.8. The molecule has 5 aromatic rings. The van der Waals surface area contributed by atoms with Gasteiger partial charge in [0.1, 0.15) is 17.1 Å². The molecule has 7 nitrogen and oxygen atoms in total. The maximum absolute atomic E-state index is 12.5. The van der Waals surface area contributed by atoms with Crippen molar-refractivity contribution >= 4 is 69.2 Å². The van der Waals surface area contributed by atoms with Gasteiger partial charge in [-0.05, 0) is 85.4 Å². The lowest BCUT2D eigenvalue weighted by Crippen LogP contribution is -2.32. The topological polar surface area (TPSA) is 96.5 Å². The first-order valence-corrected chi connectivity index (χ1v) is 12.7. The Balaban J connectivity index is 1.12. The Morgan fingerprint density at radius 2 is 1.62 bits per heavy atom. The second-order valence-corrected chi connectivity index (χ2v) is 9.44. The molecule has 2 amide bonds. The van der Waals surface area contributed by atoms with Gasteiger partial charge in [0.05, 0.1) is 0 Å². The van der Waals surface area contributed by atoms with Gasteiger partial charge in [0.15, 0.2) is 10.9 Å². The van der Waals surface area contributed by atoms with E-state index in [1.807, 2.05) is 49.4 Å². The highest BCUT2D eigenvalue weighted by Gasteiger charge is 2.12. The summed E-state index contributed by atoms with van der Waals surface area (Å²) in [6, 6.07) is 25.2. The molecule has 2 heterocycles. The van der Waals surface area contributed by atoms with E-state index in [0.717, 1.165) is 16.5 Å². The third-order valence-corrected chi connectivity index (χ3v) is 6.38. The minimum Gasteiger partial charge on any atom is -0.457 e. The van der Waals surface area contributed by atoms with Crippen molar-refractivity contribution in [3.63, 3.8) is 0 Å². The number of aryl methyl sites for hydroxylation is 1. The number of carbonyl (C=O) groups is 2. The van der Waals surface area contributed by atoms with Crippen LogP contribution in [0.4, 0.5) is 11.4 Å². The lowest BCUT2D eigenvalue weighted by Gasteiger charge is -2.09. The van der Waals surface area contributed by atoms with Gasteiger partial charge in [-0.3, -0.25) is 14.9 Å². The van der Waals surface area contributed by atoms with Gasteiger partial charge in [-0.15, -0.1) is 0 Å². The highest BCUT2D eigenvalue weighted by molar-refractivity contribution is 7.80. The molecule has 0 fully saturated rings. The van der Waals surface area contributed by atoms with Crippen molar-refractivity contribution < 1.29 is 18.4 Å². The zero-order valence-electron chi connectivity index (χ0n) is 20.7. The van der Waals surface area contributed by atoms with Gasteiger partial charge in [-0.25, -0.2) is 0 Å². The molecular formula is C30H22ClN3O4S. The molecule has 5 rings (SSSR count). The van der Waals surface area contributed by atoms with E-state index in [1.165, 1.54) is 6.08 Å². The molecule has 0 atom stereocenters. The number of benzene rings is 3. The van der Waals surface area contributed by atoms with Crippen LogP contribution in [0.25, 0.3) is 28.4 Å². The Morgan fingerprint density at radius 1 is 0.872 bits per heavy atom. The zero-order valence-corrected chi connectivity index (χ0v) is 22.2. The lowest BCUT2D eigenvalue weighted by molar-refractivity contribution is -0.115. The number of amides is 2. The highest BCUT2D eigenvalue weighted by atomic mass is 35.5. The maximum Gasteiger partial charge on any atom is 0.291 e. The molecule has 9 heteroatoms. The maximum atomic E-state index is 12.5. The summed E-state index contributed by atoms with van der Waals surface area (Å²) in [4.78, 5) is 24.8. The SMILES string of the molecule is Cc1ccc(-c2ccc(/C=C/C(=O)NC(=S)Nc3ccc(NC(=O)c4cc5ccccc5o4)cc3)o2)cc1Cl. The molecule has 0 spiro atoms. The minimum atomic E-state index is -0.418. The number of para-hydroxylation sites is 1. The van der Waals surface area contributed by atoms with Crippen molar-refractivity contribution in [2.75, 3.05) is 10.6 Å². The van der Waals surface area contributed by atoms with E-state index in [-0.39, 0.29) is 16.8 Å². The van der Waals surface area contributed by atoms with Gasteiger partial charge in [0.25, 0.3) is 5.91 Å². The van der Waals surface area contributed by atoms with E-state index < -0.39 is 5.91 Å². The number of anilines is 2. The van der Waals surface area contributed by atoms with E-state index in [1.54, 1.807) is 48.5 Å². The first kappa shape index (κ1) is 26.0. The van der Waals surface area contributed by atoms with Crippen molar-refractivity contribution in [1.29, 1.82) is 0 Å². The number of thiocarbonyl (C=S) groups is 1. The number of halogens is 1. The smallest absolute Gasteiger partial charge is 0.291 e. The standard InChI is InChI=1S/C30H22ClN3O4S/c1-18-6-7-20(16-24(18)31)26-14-12-23(37-26)13-15-28(35)34-30(39)33-22-10-8-21(9-11-22)32-29(36)27-17-19-4-2-3-5-25(19)38-27/h2-17H,1H3,(H,32,36)(H2,33,34,35,39)/b15-13+. The van der Waals surface area contributed by atoms with Crippen LogP contribution in [0.3, 0.4) is 0 Å². The van der Waals surface area contributed by atoms with Crippen LogP contribution in [0.15, 0.2) is 99.8 Å². The molecule has 0 aliphatic rings. The van der Waals surface area contributed by atoms with Crippen molar-refractivity contribution in [2.45, 2.75) is 6.92 Å². The first-order valence-electron chi connectivity index (χ1n) is 11.9. The molecule has 3 aromatic carbocycles. The molecule has 0 radical (unpaired) electrons. The molecule has 2 aromatic heterocycles. The van der Waals surface area contributed by atoms with Crippen molar-refractivity contribution in [3.8, 4) is 11.3 Å². The van der Waals surface area contributed by atoms with Crippen molar-refractivity contribution in [2.24, 2.45) is 0 Å². The second-order valence-electron chi connectivity index (χ2n) is 8.62. The van der Waals surface area contributed by atoms with Gasteiger partial charge in [-0.1, -0.05) is 41.9 Å². The Kier molecular flexibility index (Phi) is 7.58. The third kappa shape index (κ3) is 6.43. The highest BCUT2D eigenvalue weighted by Crippen LogP contribution is 2.27. The van der Waals surface area contributed by atoms with Crippen LogP contribution in [0.2, 0.25) is 5.02 Å². The quantitative estimate of drug-likeness (QED) is 0.149. The predicted octanol–water partition coefficient (Wildman–Crippen LogP) is 7.43. The molecule has 194 valence electrons. The summed E-state index contributed by atoms with van der Waals surface area (Å²) >= 11 is 11.4. The summed E-state index contributed by atoms with van der Waals surface area (Å²) in [7, 11) is 0. The van der Waals surface area contributed by atoms with Crippen LogP contribution in [-0.4, -0.2) is 16.9 Å². The number of rotatable bonds is 6. The fourth-order valence-corrected chi connectivity index (χ4v) is 4.14. The van der Waals surface area contributed by atoms with Crippen LogP contribution < -0.4 is 16.0 Å². The monoisotopic (exact) mass is 555 g/mol. The third-order valence-electron chi connectivity index (χ3n) is 5.77. The molecule has 0 saturated carbocycles. The molecule has 0 aliphatic heterocycles. The number of carbonyl (C=O) groups excluding carboxylic acids is 2. The van der Waals surface area contributed by atoms with Gasteiger partial charge >= 0.3 is 0 Å². The summed E-state index contributed by atoms with van der Waals surface area (Å²) in [5.41, 5.74) is 3.69. The number of hydrogen-bond acceptors (Lipinski definition) is 5. The summed E-state index contributed by atoms with van der Waals surface area (Å²) in [5, 5.41) is 9.95. The second kappa shape index (κ2) is 11.4. The Labute approximate surface area is 234 Å². The van der Waals surface area contributed by atoms with Gasteiger partial charge in [0, 0.05) is 33.4 Å². The van der Waals surface area contributed by atoms with E-state index in [4.69, 9.17) is 32.7 Å². The average Bonchev–Trinajstić information content (AvgIpc) is 3.58. The fourth-order valence-electron chi connectivity index (χ4n) is 3.74. The molecule has 0 bridgehead atoms. The van der Waals surface area contributed by atoms with Crippen molar-refractivity contribution in [1.82, 2.24) is 5.32 Å². The Bertz CT molecular complexity index is 1690. The predicted molar refractivity (Wildman–Crippen MR) is 158 cm³/mol. The molecule has 3 N–H and O–H groups in total. The van der Waals surface area contributed by atoms with E-state index in [9.17, 15) is 9.59 Å². The number of furan rings is 2. The number of fused-ring (bicyclic) bond motifs is 1. The normalized spacial score (nSPS) is 11.0. The summed E-state index contributed by atoms with van der Waals surface area (Å²) in [6.45, 7) is 1.93. The van der Waals surface area contributed by atoms with E-state index >= 15 is 0 Å². The molecule has 0 aliphatic carbocycles. The molecular weight excluding hydrogens is 534 g/mol. The summed E-state index contributed by atoms with van der Waals surface area (Å²) in [6.07, 6.45) is 2.88. The largest absolute Gasteiger partial charge is 0.457 e. The Hall–Kier alpha value is -4.66. The van der Waals surface area contributed by atoms with E-state index in [0.29, 0.717) is 33.5 Å². The van der Waals surface area contributed by atoms with E-state index in [2.05, 4.69) is 16.0 Å². The molecule has 39 heavy (non-hydrogen) atoms. The van der Waals surface area contributed by atoms with Crippen LogP contribution in [0, 0.1) is 6.92 Å². The zero-order chi connectivity index (χ0) is 27.4. The lowest BCUT2D eigenvalue weighted by atomic mass is 10.1. The number of nitrogens with one attached hydrogen (secondary N) is 3. The Morgan fingerprint density at radius 3 is 2.36 bits per heavy atom. The minimum absolute atomic E-state index is 0.123. The van der Waals surface area contributed by atoms with Crippen LogP contribution in [0.1, 0.15) is 21.9 Å².